The molecule has 1 fully saturated rings. The van der Waals surface area contributed by atoms with Gasteiger partial charge in [0.05, 0.1) is 5.69 Å². The lowest BCUT2D eigenvalue weighted by Crippen LogP contribution is -2.46. The van der Waals surface area contributed by atoms with Crippen LogP contribution in [0.4, 0.5) is 0 Å². The van der Waals surface area contributed by atoms with Gasteiger partial charge in [-0.2, -0.15) is 11.8 Å². The molecule has 0 amide bonds. The summed E-state index contributed by atoms with van der Waals surface area (Å²) >= 11 is 7.85. The lowest BCUT2D eigenvalue weighted by atomic mass is 10.0. The summed E-state index contributed by atoms with van der Waals surface area (Å²) in [6, 6.07) is 8.53. The second kappa shape index (κ2) is 8.78. The van der Waals surface area contributed by atoms with Crippen molar-refractivity contribution in [1.29, 1.82) is 0 Å². The molecule has 0 spiro atoms. The van der Waals surface area contributed by atoms with Gasteiger partial charge in [0.1, 0.15) is 5.82 Å². The second-order valence-corrected chi connectivity index (χ2v) is 8.69. The Hall–Kier alpha value is -1.34. The summed E-state index contributed by atoms with van der Waals surface area (Å²) in [7, 11) is 0. The third kappa shape index (κ3) is 4.57. The number of piperazine rings is 1. The van der Waals surface area contributed by atoms with Crippen LogP contribution in [0.2, 0.25) is 5.02 Å². The number of halogens is 1. The number of benzene rings is 1. The SMILES string of the molecule is O=c1[nH]c(CCCN2CCNCC2c2ccc(Cl)cc2)nc2c1CSCC2. The molecule has 0 saturated carbocycles. The molecule has 7 heteroatoms. The number of thioether (sulfide) groups is 1. The number of hydrogen-bond donors (Lipinski definition) is 2. The highest BCUT2D eigenvalue weighted by Crippen LogP contribution is 2.24. The van der Waals surface area contributed by atoms with Gasteiger partial charge in [0, 0.05) is 48.4 Å². The van der Waals surface area contributed by atoms with Gasteiger partial charge in [-0.1, -0.05) is 23.7 Å². The first kappa shape index (κ1) is 19.0. The van der Waals surface area contributed by atoms with E-state index in [1.165, 1.54) is 5.56 Å². The van der Waals surface area contributed by atoms with Crippen molar-refractivity contribution in [3.8, 4) is 0 Å². The lowest BCUT2D eigenvalue weighted by Gasteiger charge is -2.36. The van der Waals surface area contributed by atoms with Crippen molar-refractivity contribution < 1.29 is 0 Å². The van der Waals surface area contributed by atoms with Gasteiger partial charge in [-0.25, -0.2) is 4.98 Å². The van der Waals surface area contributed by atoms with Crippen molar-refractivity contribution in [3.05, 3.63) is 62.3 Å². The third-order valence-corrected chi connectivity index (χ3v) is 6.59. The summed E-state index contributed by atoms with van der Waals surface area (Å²) in [5.41, 5.74) is 3.24. The Morgan fingerprint density at radius 1 is 1.30 bits per heavy atom. The summed E-state index contributed by atoms with van der Waals surface area (Å²) in [4.78, 5) is 22.5. The molecule has 27 heavy (non-hydrogen) atoms. The molecule has 0 radical (unpaired) electrons. The van der Waals surface area contributed by atoms with Crippen LogP contribution in [0, 0.1) is 0 Å². The Labute approximate surface area is 168 Å². The number of H-pyrrole nitrogens is 1. The zero-order chi connectivity index (χ0) is 18.6. The maximum absolute atomic E-state index is 12.3. The molecule has 1 atom stereocenters. The van der Waals surface area contributed by atoms with Crippen LogP contribution in [0.3, 0.4) is 0 Å². The number of aryl methyl sites for hydroxylation is 2. The van der Waals surface area contributed by atoms with Crippen molar-refractivity contribution in [3.63, 3.8) is 0 Å². The fraction of sp³-hybridized carbons (Fsp3) is 0.500. The fourth-order valence-electron chi connectivity index (χ4n) is 3.89. The molecule has 0 aliphatic carbocycles. The normalized spacial score (nSPS) is 20.4. The average molecular weight is 405 g/mol. The summed E-state index contributed by atoms with van der Waals surface area (Å²) < 4.78 is 0. The first-order chi connectivity index (χ1) is 13.2. The fourth-order valence-corrected chi connectivity index (χ4v) is 5.00. The van der Waals surface area contributed by atoms with E-state index in [-0.39, 0.29) is 5.56 Å². The van der Waals surface area contributed by atoms with E-state index in [1.54, 1.807) is 0 Å². The molecule has 1 aromatic heterocycles. The lowest BCUT2D eigenvalue weighted by molar-refractivity contribution is 0.160. The molecule has 1 unspecified atom stereocenters. The zero-order valence-corrected chi connectivity index (χ0v) is 16.9. The number of fused-ring (bicyclic) bond motifs is 1. The number of aromatic amines is 1. The molecule has 0 bridgehead atoms. The molecule has 5 nitrogen and oxygen atoms in total. The number of nitrogens with zero attached hydrogens (tertiary/aromatic N) is 2. The highest BCUT2D eigenvalue weighted by Gasteiger charge is 2.23. The molecule has 1 saturated heterocycles. The van der Waals surface area contributed by atoms with Gasteiger partial charge in [-0.05, 0) is 42.8 Å². The van der Waals surface area contributed by atoms with E-state index in [4.69, 9.17) is 16.6 Å². The predicted molar refractivity (Wildman–Crippen MR) is 112 cm³/mol. The Morgan fingerprint density at radius 2 is 2.15 bits per heavy atom. The Bertz CT molecular complexity index is 839. The van der Waals surface area contributed by atoms with Crippen molar-refractivity contribution in [2.75, 3.05) is 31.9 Å². The summed E-state index contributed by atoms with van der Waals surface area (Å²) in [6.07, 6.45) is 2.71. The molecule has 144 valence electrons. The predicted octanol–water partition coefficient (Wildman–Crippen LogP) is 2.79. The molecular weight excluding hydrogens is 380 g/mol. The highest BCUT2D eigenvalue weighted by atomic mass is 35.5. The van der Waals surface area contributed by atoms with Crippen molar-refractivity contribution in [2.45, 2.75) is 31.1 Å². The molecular formula is C20H25ClN4OS. The quantitative estimate of drug-likeness (QED) is 0.802. The topological polar surface area (TPSA) is 61.0 Å². The van der Waals surface area contributed by atoms with Crippen molar-refractivity contribution in [1.82, 2.24) is 20.2 Å². The number of hydrogen-bond acceptors (Lipinski definition) is 5. The van der Waals surface area contributed by atoms with Crippen LogP contribution in [0.25, 0.3) is 0 Å². The largest absolute Gasteiger partial charge is 0.314 e. The van der Waals surface area contributed by atoms with Gasteiger partial charge in [0.15, 0.2) is 0 Å². The van der Waals surface area contributed by atoms with Gasteiger partial charge < -0.3 is 10.3 Å². The van der Waals surface area contributed by atoms with Crippen LogP contribution < -0.4 is 10.9 Å². The van der Waals surface area contributed by atoms with Crippen LogP contribution in [0.5, 0.6) is 0 Å². The van der Waals surface area contributed by atoms with E-state index < -0.39 is 0 Å². The smallest absolute Gasteiger partial charge is 0.255 e. The number of rotatable bonds is 5. The second-order valence-electron chi connectivity index (χ2n) is 7.15. The molecule has 1 aromatic carbocycles. The van der Waals surface area contributed by atoms with Crippen LogP contribution in [0.1, 0.15) is 35.1 Å². The first-order valence-corrected chi connectivity index (χ1v) is 11.1. The Kier molecular flexibility index (Phi) is 6.18. The van der Waals surface area contributed by atoms with Crippen LogP contribution in [-0.2, 0) is 18.6 Å². The van der Waals surface area contributed by atoms with Crippen molar-refractivity contribution >= 4 is 23.4 Å². The minimum Gasteiger partial charge on any atom is -0.314 e. The summed E-state index contributed by atoms with van der Waals surface area (Å²) in [5, 5.41) is 4.26. The van der Waals surface area contributed by atoms with E-state index in [0.29, 0.717) is 6.04 Å². The third-order valence-electron chi connectivity index (χ3n) is 5.35. The van der Waals surface area contributed by atoms with Crippen molar-refractivity contribution in [2.24, 2.45) is 0 Å². The van der Waals surface area contributed by atoms with Gasteiger partial charge in [0.25, 0.3) is 5.56 Å². The minimum absolute atomic E-state index is 0.0587. The van der Waals surface area contributed by atoms with Gasteiger partial charge in [-0.3, -0.25) is 9.69 Å². The van der Waals surface area contributed by atoms with E-state index in [2.05, 4.69) is 27.3 Å². The monoisotopic (exact) mass is 404 g/mol. The summed E-state index contributed by atoms with van der Waals surface area (Å²) in [6.45, 7) is 3.98. The first-order valence-electron chi connectivity index (χ1n) is 9.59. The number of nitrogens with one attached hydrogen (secondary N) is 2. The average Bonchev–Trinajstić information content (AvgIpc) is 2.69. The molecule has 2 N–H and O–H groups in total. The Morgan fingerprint density at radius 3 is 3.00 bits per heavy atom. The molecule has 2 aromatic rings. The molecule has 3 heterocycles. The maximum atomic E-state index is 12.3. The minimum atomic E-state index is 0.0587. The molecule has 2 aliphatic rings. The van der Waals surface area contributed by atoms with E-state index in [1.807, 2.05) is 23.9 Å². The van der Waals surface area contributed by atoms with Crippen LogP contribution in [-0.4, -0.2) is 46.8 Å². The van der Waals surface area contributed by atoms with Gasteiger partial charge >= 0.3 is 0 Å². The van der Waals surface area contributed by atoms with Crippen LogP contribution in [0.15, 0.2) is 29.1 Å². The highest BCUT2D eigenvalue weighted by molar-refractivity contribution is 7.98. The summed E-state index contributed by atoms with van der Waals surface area (Å²) in [5.74, 6) is 2.69. The molecule has 2 aliphatic heterocycles. The standard InChI is InChI=1S/C20H25ClN4OS/c21-15-5-3-14(4-6-15)18-12-22-8-10-25(18)9-1-2-19-23-17-7-11-27-13-16(17)20(26)24-19/h3-6,18,22H,1-2,7-13H2,(H,23,24,26). The van der Waals surface area contributed by atoms with Crippen LogP contribution >= 0.6 is 23.4 Å². The number of aromatic nitrogens is 2. The van der Waals surface area contributed by atoms with E-state index in [9.17, 15) is 4.79 Å². The molecule has 4 rings (SSSR count). The van der Waals surface area contributed by atoms with E-state index >= 15 is 0 Å². The maximum Gasteiger partial charge on any atom is 0.255 e. The van der Waals surface area contributed by atoms with Gasteiger partial charge in [0.2, 0.25) is 0 Å². The van der Waals surface area contributed by atoms with Gasteiger partial charge in [-0.15, -0.1) is 0 Å². The zero-order valence-electron chi connectivity index (χ0n) is 15.3. The van der Waals surface area contributed by atoms with E-state index in [0.717, 1.165) is 79.1 Å². The Balaban J connectivity index is 1.39.